The van der Waals surface area contributed by atoms with Crippen molar-refractivity contribution in [3.63, 3.8) is 0 Å². The van der Waals surface area contributed by atoms with Crippen LogP contribution in [0.15, 0.2) is 36.7 Å². The highest BCUT2D eigenvalue weighted by molar-refractivity contribution is 5.78. The number of carbonyl (C=O) groups is 1. The third kappa shape index (κ3) is 2.41. The number of aryl methyl sites for hydroxylation is 1. The lowest BCUT2D eigenvalue weighted by atomic mass is 10.0. The minimum Gasteiger partial charge on any atom is -0.346 e. The van der Waals surface area contributed by atoms with Crippen LogP contribution in [-0.2, 0) is 11.2 Å². The van der Waals surface area contributed by atoms with Gasteiger partial charge in [-0.15, -0.1) is 0 Å². The van der Waals surface area contributed by atoms with Gasteiger partial charge in [0.2, 0.25) is 5.91 Å². The first-order chi connectivity index (χ1) is 10.6. The lowest BCUT2D eigenvalue weighted by Gasteiger charge is -2.18. The number of para-hydroxylation sites is 1. The fraction of sp³-hybridized carbons (Fsp3) is 0.412. The number of fused-ring (bicyclic) bond motifs is 3. The number of carbonyl (C=O) groups excluding carboxylic acids is 1. The number of rotatable bonds is 3. The molecule has 4 rings (SSSR count). The van der Waals surface area contributed by atoms with Gasteiger partial charge in [-0.1, -0.05) is 18.2 Å². The van der Waals surface area contributed by atoms with Crippen molar-refractivity contribution in [2.45, 2.75) is 43.7 Å². The molecule has 5 heteroatoms. The van der Waals surface area contributed by atoms with Crippen molar-refractivity contribution in [3.05, 3.63) is 48.0 Å². The Morgan fingerprint density at radius 2 is 2.23 bits per heavy atom. The maximum atomic E-state index is 12.3. The number of nitrogens with one attached hydrogen (secondary N) is 1. The molecule has 2 aromatic rings. The predicted molar refractivity (Wildman–Crippen MR) is 83.5 cm³/mol. The van der Waals surface area contributed by atoms with Crippen LogP contribution in [0.5, 0.6) is 0 Å². The summed E-state index contributed by atoms with van der Waals surface area (Å²) < 4.78 is 2.09. The maximum Gasteiger partial charge on any atom is 0.222 e. The molecule has 1 aromatic heterocycles. The average Bonchev–Trinajstić information content (AvgIpc) is 3.07. The lowest BCUT2D eigenvalue weighted by Crippen LogP contribution is -2.36. The van der Waals surface area contributed by atoms with E-state index in [1.165, 1.54) is 5.56 Å². The SMILES string of the molecule is NC1(CC(=O)N[C@@H]2CCc3ccccc3-n3ccnc32)CC1. The van der Waals surface area contributed by atoms with Crippen molar-refractivity contribution >= 4 is 5.91 Å². The number of nitrogens with zero attached hydrogens (tertiary/aromatic N) is 2. The molecule has 1 aliphatic heterocycles. The summed E-state index contributed by atoms with van der Waals surface area (Å²) in [6.45, 7) is 0. The van der Waals surface area contributed by atoms with Gasteiger partial charge in [0.25, 0.3) is 0 Å². The van der Waals surface area contributed by atoms with Crippen LogP contribution in [0.1, 0.15) is 43.1 Å². The first kappa shape index (κ1) is 13.5. The van der Waals surface area contributed by atoms with Crippen LogP contribution in [0.25, 0.3) is 5.69 Å². The van der Waals surface area contributed by atoms with Crippen molar-refractivity contribution in [2.24, 2.45) is 5.73 Å². The fourth-order valence-corrected chi connectivity index (χ4v) is 3.20. The van der Waals surface area contributed by atoms with Crippen LogP contribution in [0, 0.1) is 0 Å². The summed E-state index contributed by atoms with van der Waals surface area (Å²) in [5.41, 5.74) is 8.23. The average molecular weight is 296 g/mol. The Hall–Kier alpha value is -2.14. The number of hydrogen-bond donors (Lipinski definition) is 2. The van der Waals surface area contributed by atoms with Crippen LogP contribution in [-0.4, -0.2) is 21.0 Å². The van der Waals surface area contributed by atoms with Gasteiger partial charge < -0.3 is 15.6 Å². The summed E-state index contributed by atoms with van der Waals surface area (Å²) in [6, 6.07) is 8.27. The Labute approximate surface area is 129 Å². The van der Waals surface area contributed by atoms with Gasteiger partial charge >= 0.3 is 0 Å². The van der Waals surface area contributed by atoms with Gasteiger partial charge in [-0.3, -0.25) is 4.79 Å². The van der Waals surface area contributed by atoms with E-state index < -0.39 is 0 Å². The highest BCUT2D eigenvalue weighted by atomic mass is 16.1. The molecule has 0 bridgehead atoms. The molecule has 1 saturated carbocycles. The molecule has 0 radical (unpaired) electrons. The molecule has 3 N–H and O–H groups in total. The van der Waals surface area contributed by atoms with E-state index in [2.05, 4.69) is 33.1 Å². The Kier molecular flexibility index (Phi) is 3.04. The third-order valence-corrected chi connectivity index (χ3v) is 4.67. The molecule has 1 atom stereocenters. The monoisotopic (exact) mass is 296 g/mol. The van der Waals surface area contributed by atoms with Gasteiger partial charge in [0.15, 0.2) is 0 Å². The van der Waals surface area contributed by atoms with Crippen molar-refractivity contribution in [1.29, 1.82) is 0 Å². The lowest BCUT2D eigenvalue weighted by molar-refractivity contribution is -0.122. The minimum atomic E-state index is -0.257. The Morgan fingerprint density at radius 1 is 1.41 bits per heavy atom. The summed E-state index contributed by atoms with van der Waals surface area (Å²) in [5, 5.41) is 3.13. The summed E-state index contributed by atoms with van der Waals surface area (Å²) in [7, 11) is 0. The molecule has 0 spiro atoms. The largest absolute Gasteiger partial charge is 0.346 e. The van der Waals surface area contributed by atoms with Crippen LogP contribution in [0.3, 0.4) is 0 Å². The van der Waals surface area contributed by atoms with E-state index in [4.69, 9.17) is 5.73 Å². The number of benzene rings is 1. The minimum absolute atomic E-state index is 0.0329. The summed E-state index contributed by atoms with van der Waals surface area (Å²) in [4.78, 5) is 16.7. The van der Waals surface area contributed by atoms with E-state index >= 15 is 0 Å². The number of amides is 1. The molecule has 1 amide bonds. The Balaban J connectivity index is 1.59. The third-order valence-electron chi connectivity index (χ3n) is 4.67. The van der Waals surface area contributed by atoms with Gasteiger partial charge in [0.05, 0.1) is 6.04 Å². The second kappa shape index (κ2) is 4.95. The number of hydrogen-bond acceptors (Lipinski definition) is 3. The standard InChI is InChI=1S/C17H20N4O/c18-17(7-8-17)11-15(22)20-13-6-5-12-3-1-2-4-14(12)21-10-9-19-16(13)21/h1-4,9-10,13H,5-8,11,18H2,(H,20,22)/t13-/m1/s1. The topological polar surface area (TPSA) is 72.9 Å². The van der Waals surface area contributed by atoms with E-state index in [1.54, 1.807) is 6.20 Å². The smallest absolute Gasteiger partial charge is 0.222 e. The van der Waals surface area contributed by atoms with Crippen LogP contribution in [0.2, 0.25) is 0 Å². The van der Waals surface area contributed by atoms with Gasteiger partial charge in [0, 0.05) is 30.0 Å². The molecule has 114 valence electrons. The highest BCUT2D eigenvalue weighted by Crippen LogP contribution is 2.36. The zero-order valence-corrected chi connectivity index (χ0v) is 12.5. The highest BCUT2D eigenvalue weighted by Gasteiger charge is 2.40. The zero-order chi connectivity index (χ0) is 15.2. The number of imidazole rings is 1. The van der Waals surface area contributed by atoms with Crippen LogP contribution in [0.4, 0.5) is 0 Å². The number of nitrogens with two attached hydrogens (primary N) is 1. The maximum absolute atomic E-state index is 12.3. The molecule has 0 unspecified atom stereocenters. The Morgan fingerprint density at radius 3 is 3.05 bits per heavy atom. The fourth-order valence-electron chi connectivity index (χ4n) is 3.20. The quantitative estimate of drug-likeness (QED) is 0.908. The first-order valence-corrected chi connectivity index (χ1v) is 7.84. The van der Waals surface area contributed by atoms with Gasteiger partial charge in [-0.2, -0.15) is 0 Å². The number of aromatic nitrogens is 2. The molecule has 0 saturated heterocycles. The van der Waals surface area contributed by atoms with Crippen molar-refractivity contribution in [2.75, 3.05) is 0 Å². The van der Waals surface area contributed by atoms with Gasteiger partial charge in [-0.25, -0.2) is 4.98 Å². The van der Waals surface area contributed by atoms with E-state index in [9.17, 15) is 4.79 Å². The molecule has 2 heterocycles. The van der Waals surface area contributed by atoms with E-state index in [-0.39, 0.29) is 17.5 Å². The summed E-state index contributed by atoms with van der Waals surface area (Å²) in [6.07, 6.45) is 7.86. The molecule has 1 aliphatic carbocycles. The molecule has 1 aromatic carbocycles. The Bertz CT molecular complexity index is 717. The molecule has 2 aliphatic rings. The molecular weight excluding hydrogens is 276 g/mol. The second-order valence-electron chi connectivity index (χ2n) is 6.48. The van der Waals surface area contributed by atoms with E-state index in [0.29, 0.717) is 6.42 Å². The predicted octanol–water partition coefficient (Wildman–Crippen LogP) is 1.86. The molecule has 5 nitrogen and oxygen atoms in total. The van der Waals surface area contributed by atoms with E-state index in [1.807, 2.05) is 12.3 Å². The zero-order valence-electron chi connectivity index (χ0n) is 12.5. The van der Waals surface area contributed by atoms with Crippen molar-refractivity contribution < 1.29 is 4.79 Å². The molecule has 1 fully saturated rings. The summed E-state index contributed by atoms with van der Waals surface area (Å²) >= 11 is 0. The first-order valence-electron chi connectivity index (χ1n) is 7.84. The second-order valence-corrected chi connectivity index (χ2v) is 6.48. The van der Waals surface area contributed by atoms with Gasteiger partial charge in [-0.05, 0) is 37.3 Å². The van der Waals surface area contributed by atoms with Crippen LogP contribution >= 0.6 is 0 Å². The van der Waals surface area contributed by atoms with Crippen molar-refractivity contribution in [3.8, 4) is 5.69 Å². The molecular formula is C17H20N4O. The van der Waals surface area contributed by atoms with E-state index in [0.717, 1.165) is 37.2 Å². The molecule has 22 heavy (non-hydrogen) atoms. The van der Waals surface area contributed by atoms with Crippen LogP contribution < -0.4 is 11.1 Å². The van der Waals surface area contributed by atoms with Crippen molar-refractivity contribution in [1.82, 2.24) is 14.9 Å². The van der Waals surface area contributed by atoms with Gasteiger partial charge in [0.1, 0.15) is 5.82 Å². The summed E-state index contributed by atoms with van der Waals surface area (Å²) in [5.74, 6) is 0.936. The normalized spacial score (nSPS) is 21.4.